The number of hydrogen-bond acceptors (Lipinski definition) is 4. The molecular weight excluding hydrogens is 421 g/mol. The Kier molecular flexibility index (Phi) is 4.69. The first-order valence-electron chi connectivity index (χ1n) is 10.7. The summed E-state index contributed by atoms with van der Waals surface area (Å²) < 4.78 is 41.3. The third kappa shape index (κ3) is 3.49. The molecule has 5 rings (SSSR count). The van der Waals surface area contributed by atoms with Gasteiger partial charge in [0.15, 0.2) is 5.65 Å². The lowest BCUT2D eigenvalue weighted by molar-refractivity contribution is -0.137. The fourth-order valence-corrected chi connectivity index (χ4v) is 4.64. The number of phenols is 1. The topological polar surface area (TPSA) is 71.2 Å². The van der Waals surface area contributed by atoms with Gasteiger partial charge in [-0.05, 0) is 56.0 Å². The van der Waals surface area contributed by atoms with E-state index in [4.69, 9.17) is 5.10 Å². The number of nitrogens with zero attached hydrogens (tertiary/aromatic N) is 4. The molecule has 1 aliphatic heterocycles. The number of halogens is 3. The van der Waals surface area contributed by atoms with Gasteiger partial charge in [0.2, 0.25) is 5.91 Å². The molecular formula is C23H23F3N4O2. The van der Waals surface area contributed by atoms with Crippen molar-refractivity contribution in [2.75, 3.05) is 13.6 Å². The Labute approximate surface area is 182 Å². The van der Waals surface area contributed by atoms with Gasteiger partial charge < -0.3 is 10.0 Å². The van der Waals surface area contributed by atoms with Crippen LogP contribution in [0.25, 0.3) is 22.3 Å². The monoisotopic (exact) mass is 444 g/mol. The number of carbonyl (C=O) groups is 1. The molecule has 9 heteroatoms. The molecule has 1 saturated heterocycles. The van der Waals surface area contributed by atoms with Crippen LogP contribution in [0.15, 0.2) is 24.3 Å². The quantitative estimate of drug-likeness (QED) is 0.630. The van der Waals surface area contributed by atoms with E-state index in [0.717, 1.165) is 36.1 Å². The van der Waals surface area contributed by atoms with Crippen LogP contribution in [0.3, 0.4) is 0 Å². The van der Waals surface area contributed by atoms with Gasteiger partial charge in [-0.2, -0.15) is 18.3 Å². The minimum atomic E-state index is -4.54. The van der Waals surface area contributed by atoms with Gasteiger partial charge >= 0.3 is 6.18 Å². The molecule has 1 saturated carbocycles. The van der Waals surface area contributed by atoms with Crippen molar-refractivity contribution in [3.05, 3.63) is 41.1 Å². The lowest BCUT2D eigenvalue weighted by Gasteiger charge is -2.30. The van der Waals surface area contributed by atoms with Crippen molar-refractivity contribution in [2.45, 2.75) is 50.7 Å². The van der Waals surface area contributed by atoms with Crippen LogP contribution in [-0.4, -0.2) is 44.3 Å². The zero-order valence-electron chi connectivity index (χ0n) is 17.8. The summed E-state index contributed by atoms with van der Waals surface area (Å²) in [5.41, 5.74) is 1.66. The number of likely N-dealkylation sites (tertiary alicyclic amines) is 1. The lowest BCUT2D eigenvalue weighted by Crippen LogP contribution is -2.38. The Morgan fingerprint density at radius 3 is 2.53 bits per heavy atom. The third-order valence-electron chi connectivity index (χ3n) is 6.41. The molecule has 3 aromatic rings. The van der Waals surface area contributed by atoms with Crippen molar-refractivity contribution in [2.24, 2.45) is 0 Å². The van der Waals surface area contributed by atoms with E-state index in [9.17, 15) is 23.1 Å². The Hall–Kier alpha value is -3.10. The summed E-state index contributed by atoms with van der Waals surface area (Å²) >= 11 is 0. The average molecular weight is 444 g/mol. The van der Waals surface area contributed by atoms with E-state index in [2.05, 4.69) is 4.98 Å². The summed E-state index contributed by atoms with van der Waals surface area (Å²) in [5.74, 6) is 0.0647. The van der Waals surface area contributed by atoms with Gasteiger partial charge in [0.25, 0.3) is 0 Å². The van der Waals surface area contributed by atoms with Crippen LogP contribution in [0.4, 0.5) is 13.2 Å². The second-order valence-corrected chi connectivity index (χ2v) is 8.82. The van der Waals surface area contributed by atoms with E-state index in [1.165, 1.54) is 6.92 Å². The summed E-state index contributed by atoms with van der Waals surface area (Å²) in [7, 11) is 1.79. The first kappa shape index (κ1) is 20.8. The SMILES string of the molecule is Cc1cc(C(F)(F)F)cc(O)c1-c1ccc2c(C3CC3)n([C@H]3CCC(=O)N(C)C3)nc2n1. The van der Waals surface area contributed by atoms with Crippen LogP contribution in [0.1, 0.15) is 54.5 Å². The van der Waals surface area contributed by atoms with E-state index in [-0.39, 0.29) is 17.5 Å². The average Bonchev–Trinajstić information content (AvgIpc) is 3.48. The molecule has 6 nitrogen and oxygen atoms in total. The third-order valence-corrected chi connectivity index (χ3v) is 6.41. The lowest BCUT2D eigenvalue weighted by atomic mass is 10.00. The number of carbonyl (C=O) groups excluding carboxylic acids is 1. The van der Waals surface area contributed by atoms with Crippen molar-refractivity contribution in [1.82, 2.24) is 19.7 Å². The zero-order chi connectivity index (χ0) is 22.8. The highest BCUT2D eigenvalue weighted by atomic mass is 19.4. The van der Waals surface area contributed by atoms with Gasteiger partial charge in [-0.25, -0.2) is 4.98 Å². The molecule has 1 aromatic carbocycles. The van der Waals surface area contributed by atoms with Crippen LogP contribution < -0.4 is 0 Å². The zero-order valence-corrected chi connectivity index (χ0v) is 17.8. The maximum atomic E-state index is 13.1. The van der Waals surface area contributed by atoms with Crippen LogP contribution in [-0.2, 0) is 11.0 Å². The molecule has 1 aliphatic carbocycles. The molecule has 0 unspecified atom stereocenters. The van der Waals surface area contributed by atoms with Gasteiger partial charge in [0.1, 0.15) is 5.75 Å². The molecule has 2 aromatic heterocycles. The Balaban J connectivity index is 1.59. The molecule has 3 heterocycles. The highest BCUT2D eigenvalue weighted by Gasteiger charge is 2.35. The van der Waals surface area contributed by atoms with Gasteiger partial charge in [-0.3, -0.25) is 9.48 Å². The Morgan fingerprint density at radius 2 is 1.91 bits per heavy atom. The van der Waals surface area contributed by atoms with E-state index in [1.807, 2.05) is 10.7 Å². The molecule has 168 valence electrons. The standard InChI is InChI=1S/C23H23F3N4O2/c1-12-9-14(23(24,25)26)10-18(31)20(12)17-7-6-16-21(13-3-4-13)30(28-22(16)27-17)15-5-8-19(32)29(2)11-15/h6-7,9-10,13,15,31H,3-5,8,11H2,1-2H3/t15-/m0/s1. The fraction of sp³-hybridized carbons (Fsp3) is 0.435. The number of amides is 1. The normalized spacial score (nSPS) is 19.7. The Morgan fingerprint density at radius 1 is 1.16 bits per heavy atom. The highest BCUT2D eigenvalue weighted by Crippen LogP contribution is 2.45. The summed E-state index contributed by atoms with van der Waals surface area (Å²) in [6, 6.07) is 5.43. The molecule has 2 aliphatic rings. The minimum absolute atomic E-state index is 0.0622. The number of rotatable bonds is 3. The number of fused-ring (bicyclic) bond motifs is 1. The predicted molar refractivity (Wildman–Crippen MR) is 112 cm³/mol. The van der Waals surface area contributed by atoms with Crippen LogP contribution in [0.2, 0.25) is 0 Å². The number of pyridine rings is 1. The number of hydrogen-bond donors (Lipinski definition) is 1. The highest BCUT2D eigenvalue weighted by molar-refractivity contribution is 5.84. The molecule has 2 fully saturated rings. The summed E-state index contributed by atoms with van der Waals surface area (Å²) in [4.78, 5) is 18.3. The predicted octanol–water partition coefficient (Wildman–Crippen LogP) is 4.80. The molecule has 1 atom stereocenters. The summed E-state index contributed by atoms with van der Waals surface area (Å²) in [6.07, 6.45) is -1.21. The number of piperidine rings is 1. The fourth-order valence-electron chi connectivity index (χ4n) is 4.64. The molecule has 0 bridgehead atoms. The van der Waals surface area contributed by atoms with Crippen molar-refractivity contribution in [3.63, 3.8) is 0 Å². The van der Waals surface area contributed by atoms with Crippen molar-refractivity contribution < 1.29 is 23.1 Å². The smallest absolute Gasteiger partial charge is 0.416 e. The number of aryl methyl sites for hydroxylation is 1. The largest absolute Gasteiger partial charge is 0.507 e. The number of aromatic nitrogens is 3. The van der Waals surface area contributed by atoms with Crippen molar-refractivity contribution in [3.8, 4) is 17.0 Å². The molecule has 1 amide bonds. The van der Waals surface area contributed by atoms with E-state index in [1.54, 1.807) is 18.0 Å². The first-order valence-corrected chi connectivity index (χ1v) is 10.7. The van der Waals surface area contributed by atoms with Gasteiger partial charge in [-0.15, -0.1) is 0 Å². The molecule has 1 N–H and O–H groups in total. The number of phenolic OH excluding ortho intramolecular Hbond substituents is 1. The summed E-state index contributed by atoms with van der Waals surface area (Å²) in [6.45, 7) is 2.11. The number of alkyl halides is 3. The maximum absolute atomic E-state index is 13.1. The number of benzene rings is 1. The Bertz CT molecular complexity index is 1210. The number of likely N-dealkylation sites (N-methyl/N-ethyl adjacent to an activating group) is 1. The maximum Gasteiger partial charge on any atom is 0.416 e. The van der Waals surface area contributed by atoms with E-state index < -0.39 is 17.5 Å². The van der Waals surface area contributed by atoms with E-state index >= 15 is 0 Å². The van der Waals surface area contributed by atoms with Gasteiger partial charge in [-0.1, -0.05) is 0 Å². The minimum Gasteiger partial charge on any atom is -0.507 e. The molecule has 0 radical (unpaired) electrons. The van der Waals surface area contributed by atoms with Crippen LogP contribution >= 0.6 is 0 Å². The molecule has 0 spiro atoms. The van der Waals surface area contributed by atoms with Crippen molar-refractivity contribution in [1.29, 1.82) is 0 Å². The van der Waals surface area contributed by atoms with Gasteiger partial charge in [0, 0.05) is 36.9 Å². The summed E-state index contributed by atoms with van der Waals surface area (Å²) in [5, 5.41) is 16.1. The second kappa shape index (κ2) is 7.21. The number of aromatic hydroxyl groups is 1. The van der Waals surface area contributed by atoms with E-state index in [0.29, 0.717) is 42.2 Å². The van der Waals surface area contributed by atoms with Crippen LogP contribution in [0.5, 0.6) is 5.75 Å². The van der Waals surface area contributed by atoms with Crippen molar-refractivity contribution >= 4 is 16.9 Å². The first-order chi connectivity index (χ1) is 15.1. The molecule has 32 heavy (non-hydrogen) atoms. The van der Waals surface area contributed by atoms with Crippen LogP contribution in [0, 0.1) is 6.92 Å². The second-order valence-electron chi connectivity index (χ2n) is 8.82. The van der Waals surface area contributed by atoms with Gasteiger partial charge in [0.05, 0.1) is 23.0 Å².